The van der Waals surface area contributed by atoms with Gasteiger partial charge in [-0.25, -0.2) is 4.39 Å². The molecule has 1 aromatic carbocycles. The van der Waals surface area contributed by atoms with Gasteiger partial charge in [-0.1, -0.05) is 24.1 Å². The molecular formula is C17H22ClFN2O2. The number of aliphatic hydroxyl groups excluding tert-OH is 1. The fraction of sp³-hybridized carbons (Fsp3) is 0.588. The predicted octanol–water partition coefficient (Wildman–Crippen LogP) is 2.19. The highest BCUT2D eigenvalue weighted by molar-refractivity contribution is 6.30. The molecule has 0 aromatic heterocycles. The van der Waals surface area contributed by atoms with E-state index in [-0.39, 0.29) is 35.4 Å². The molecule has 1 amide bonds. The number of halogens is 2. The zero-order valence-corrected chi connectivity index (χ0v) is 13.7. The van der Waals surface area contributed by atoms with E-state index in [1.807, 2.05) is 0 Å². The predicted molar refractivity (Wildman–Crippen MR) is 86.5 cm³/mol. The van der Waals surface area contributed by atoms with Gasteiger partial charge >= 0.3 is 0 Å². The van der Waals surface area contributed by atoms with Gasteiger partial charge in [-0.2, -0.15) is 0 Å². The van der Waals surface area contributed by atoms with Crippen molar-refractivity contribution < 1.29 is 14.3 Å². The van der Waals surface area contributed by atoms with Gasteiger partial charge in [0.25, 0.3) is 0 Å². The molecule has 2 N–H and O–H groups in total. The van der Waals surface area contributed by atoms with Crippen LogP contribution in [-0.4, -0.2) is 41.7 Å². The maximum atomic E-state index is 13.5. The van der Waals surface area contributed by atoms with Crippen LogP contribution in [0.25, 0.3) is 0 Å². The first kappa shape index (κ1) is 16.7. The number of aliphatic hydroxyl groups is 1. The normalized spacial score (nSPS) is 25.3. The summed E-state index contributed by atoms with van der Waals surface area (Å²) in [4.78, 5) is 14.2. The molecule has 1 aromatic rings. The molecule has 1 heterocycles. The number of rotatable bonds is 5. The molecular weight excluding hydrogens is 319 g/mol. The van der Waals surface area contributed by atoms with Crippen molar-refractivity contribution in [2.75, 3.05) is 19.7 Å². The van der Waals surface area contributed by atoms with E-state index < -0.39 is 5.82 Å². The van der Waals surface area contributed by atoms with Crippen molar-refractivity contribution >= 4 is 17.5 Å². The second kappa shape index (κ2) is 7.16. The van der Waals surface area contributed by atoms with Crippen LogP contribution in [0.4, 0.5) is 4.39 Å². The lowest BCUT2D eigenvalue weighted by Gasteiger charge is -2.27. The van der Waals surface area contributed by atoms with E-state index in [0.29, 0.717) is 19.6 Å². The molecule has 6 heteroatoms. The molecule has 126 valence electrons. The Kier molecular flexibility index (Phi) is 5.19. The van der Waals surface area contributed by atoms with Gasteiger partial charge < -0.3 is 10.4 Å². The number of carbonyl (C=O) groups is 1. The Morgan fingerprint density at radius 2 is 2.17 bits per heavy atom. The van der Waals surface area contributed by atoms with Crippen molar-refractivity contribution in [3.8, 4) is 0 Å². The van der Waals surface area contributed by atoms with Gasteiger partial charge in [0.15, 0.2) is 0 Å². The molecule has 0 radical (unpaired) electrons. The van der Waals surface area contributed by atoms with Gasteiger partial charge in [-0.15, -0.1) is 0 Å². The summed E-state index contributed by atoms with van der Waals surface area (Å²) in [6.07, 6.45) is 3.06. The van der Waals surface area contributed by atoms with Gasteiger partial charge in [0.2, 0.25) is 5.91 Å². The molecule has 0 bridgehead atoms. The van der Waals surface area contributed by atoms with Crippen LogP contribution in [0.1, 0.15) is 24.8 Å². The summed E-state index contributed by atoms with van der Waals surface area (Å²) in [5.41, 5.74) is 0.842. The Balaban J connectivity index is 1.59. The first-order valence-corrected chi connectivity index (χ1v) is 8.52. The average Bonchev–Trinajstić information content (AvgIpc) is 2.82. The third-order valence-electron chi connectivity index (χ3n) is 4.94. The number of likely N-dealkylation sites (tertiary alicyclic amines) is 1. The number of amides is 1. The van der Waals surface area contributed by atoms with Gasteiger partial charge in [0, 0.05) is 44.1 Å². The summed E-state index contributed by atoms with van der Waals surface area (Å²) in [5, 5.41) is 12.8. The highest BCUT2D eigenvalue weighted by atomic mass is 35.5. The first-order valence-electron chi connectivity index (χ1n) is 8.14. The Labute approximate surface area is 140 Å². The Morgan fingerprint density at radius 1 is 1.39 bits per heavy atom. The van der Waals surface area contributed by atoms with Crippen LogP contribution in [0.2, 0.25) is 5.02 Å². The summed E-state index contributed by atoms with van der Waals surface area (Å²) in [6, 6.07) is 4.77. The quantitative estimate of drug-likeness (QED) is 0.864. The number of carbonyl (C=O) groups excluding carboxylic acids is 1. The number of hydrogen-bond donors (Lipinski definition) is 2. The van der Waals surface area contributed by atoms with E-state index in [9.17, 15) is 14.3 Å². The zero-order chi connectivity index (χ0) is 16.4. The minimum atomic E-state index is -0.420. The van der Waals surface area contributed by atoms with Crippen molar-refractivity contribution in [2.45, 2.75) is 31.8 Å². The lowest BCUT2D eigenvalue weighted by Crippen LogP contribution is -2.45. The zero-order valence-electron chi connectivity index (χ0n) is 13.0. The second-order valence-electron chi connectivity index (χ2n) is 6.63. The van der Waals surface area contributed by atoms with Crippen molar-refractivity contribution in [1.82, 2.24) is 10.2 Å². The molecule has 1 saturated heterocycles. The van der Waals surface area contributed by atoms with Crippen LogP contribution in [-0.2, 0) is 11.3 Å². The SMILES string of the molecule is O=C(N[C@@H]1CN(Cc2ccc(Cl)c(F)c2)C[C@H]1CO)C1CCC1. The van der Waals surface area contributed by atoms with E-state index in [1.54, 1.807) is 12.1 Å². The van der Waals surface area contributed by atoms with E-state index in [4.69, 9.17) is 11.6 Å². The molecule has 23 heavy (non-hydrogen) atoms. The Morgan fingerprint density at radius 3 is 2.78 bits per heavy atom. The monoisotopic (exact) mass is 340 g/mol. The smallest absolute Gasteiger partial charge is 0.223 e. The number of benzene rings is 1. The third kappa shape index (κ3) is 3.84. The number of nitrogens with one attached hydrogen (secondary N) is 1. The van der Waals surface area contributed by atoms with Gasteiger partial charge in [0.1, 0.15) is 5.82 Å². The van der Waals surface area contributed by atoms with E-state index in [1.165, 1.54) is 6.07 Å². The third-order valence-corrected chi connectivity index (χ3v) is 5.25. The molecule has 0 spiro atoms. The standard InChI is InChI=1S/C17H22ClFN2O2/c18-14-5-4-11(6-15(14)19)7-21-8-13(10-22)16(9-21)20-17(23)12-2-1-3-12/h4-6,12-13,16,22H,1-3,7-10H2,(H,20,23)/t13-,16+/m0/s1. The van der Waals surface area contributed by atoms with Crippen LogP contribution in [0.5, 0.6) is 0 Å². The first-order chi connectivity index (χ1) is 11.1. The fourth-order valence-electron chi connectivity index (χ4n) is 3.31. The van der Waals surface area contributed by atoms with Crippen LogP contribution >= 0.6 is 11.6 Å². The molecule has 1 aliphatic heterocycles. The van der Waals surface area contributed by atoms with Gasteiger partial charge in [0.05, 0.1) is 5.02 Å². The summed E-state index contributed by atoms with van der Waals surface area (Å²) < 4.78 is 13.5. The van der Waals surface area contributed by atoms with Crippen molar-refractivity contribution in [1.29, 1.82) is 0 Å². The van der Waals surface area contributed by atoms with Crippen LogP contribution in [0.3, 0.4) is 0 Å². The maximum Gasteiger partial charge on any atom is 0.223 e. The van der Waals surface area contributed by atoms with Crippen molar-refractivity contribution in [3.05, 3.63) is 34.6 Å². The minimum absolute atomic E-state index is 0.0242. The summed E-state index contributed by atoms with van der Waals surface area (Å²) in [7, 11) is 0. The van der Waals surface area contributed by atoms with Crippen LogP contribution < -0.4 is 5.32 Å². The summed E-state index contributed by atoms with van der Waals surface area (Å²) in [5.74, 6) is -0.138. The molecule has 1 aliphatic carbocycles. The lowest BCUT2D eigenvalue weighted by atomic mass is 9.84. The number of hydrogen-bond acceptors (Lipinski definition) is 3. The highest BCUT2D eigenvalue weighted by Crippen LogP contribution is 2.27. The van der Waals surface area contributed by atoms with Crippen LogP contribution in [0.15, 0.2) is 18.2 Å². The molecule has 1 saturated carbocycles. The fourth-order valence-corrected chi connectivity index (χ4v) is 3.42. The number of nitrogens with zero attached hydrogens (tertiary/aromatic N) is 1. The van der Waals surface area contributed by atoms with Crippen molar-refractivity contribution in [3.63, 3.8) is 0 Å². The van der Waals surface area contributed by atoms with Gasteiger partial charge in [-0.05, 0) is 30.5 Å². The summed E-state index contributed by atoms with van der Waals surface area (Å²) in [6.45, 7) is 1.99. The molecule has 2 atom stereocenters. The molecule has 0 unspecified atom stereocenters. The largest absolute Gasteiger partial charge is 0.396 e. The highest BCUT2D eigenvalue weighted by Gasteiger charge is 2.35. The van der Waals surface area contributed by atoms with Crippen LogP contribution in [0, 0.1) is 17.7 Å². The Bertz CT molecular complexity index is 580. The topological polar surface area (TPSA) is 52.6 Å². The molecule has 2 fully saturated rings. The molecule has 3 rings (SSSR count). The van der Waals surface area contributed by atoms with E-state index in [2.05, 4.69) is 10.2 Å². The molecule has 4 nitrogen and oxygen atoms in total. The minimum Gasteiger partial charge on any atom is -0.396 e. The van der Waals surface area contributed by atoms with Gasteiger partial charge in [-0.3, -0.25) is 9.69 Å². The Hall–Kier alpha value is -1.17. The lowest BCUT2D eigenvalue weighted by molar-refractivity contribution is -0.128. The average molecular weight is 341 g/mol. The summed E-state index contributed by atoms with van der Waals surface area (Å²) >= 11 is 5.70. The van der Waals surface area contributed by atoms with Crippen molar-refractivity contribution in [2.24, 2.45) is 11.8 Å². The van der Waals surface area contributed by atoms with E-state index >= 15 is 0 Å². The molecule has 2 aliphatic rings. The second-order valence-corrected chi connectivity index (χ2v) is 7.04. The van der Waals surface area contributed by atoms with E-state index in [0.717, 1.165) is 24.8 Å². The maximum absolute atomic E-state index is 13.5.